The number of carbonyl (C=O) groups is 1. The van der Waals surface area contributed by atoms with Crippen molar-refractivity contribution in [1.82, 2.24) is 0 Å². The fourth-order valence-corrected chi connectivity index (χ4v) is 1.63. The number of anilines is 1. The molecule has 0 spiro atoms. The minimum atomic E-state index is -0.725. The molecule has 0 fully saturated rings. The van der Waals surface area contributed by atoms with E-state index in [9.17, 15) is 4.79 Å². The van der Waals surface area contributed by atoms with Crippen LogP contribution in [-0.4, -0.2) is 5.91 Å². The number of carbonyl (C=O) groups excluding carboxylic acids is 1. The lowest BCUT2D eigenvalue weighted by molar-refractivity contribution is -0.119. The van der Waals surface area contributed by atoms with Crippen molar-refractivity contribution >= 4 is 23.2 Å². The third-order valence-corrected chi connectivity index (χ3v) is 2.76. The Morgan fingerprint density at radius 1 is 1.39 bits per heavy atom. The summed E-state index contributed by atoms with van der Waals surface area (Å²) in [5.74, 6) is -1.19. The van der Waals surface area contributed by atoms with Gasteiger partial charge in [0.1, 0.15) is 5.92 Å². The molecule has 1 amide bonds. The van der Waals surface area contributed by atoms with Gasteiger partial charge in [-0.05, 0) is 24.1 Å². The van der Waals surface area contributed by atoms with E-state index < -0.39 is 5.92 Å². The van der Waals surface area contributed by atoms with Gasteiger partial charge in [0.2, 0.25) is 5.91 Å². The van der Waals surface area contributed by atoms with Gasteiger partial charge in [0.25, 0.3) is 0 Å². The summed E-state index contributed by atoms with van der Waals surface area (Å²) in [4.78, 5) is 11.8. The van der Waals surface area contributed by atoms with Gasteiger partial charge in [0.15, 0.2) is 0 Å². The summed E-state index contributed by atoms with van der Waals surface area (Å²) in [5, 5.41) is 20.5. The number of nitrogens with one attached hydrogen (secondary N) is 1. The average molecular weight is 262 g/mol. The summed E-state index contributed by atoms with van der Waals surface area (Å²) >= 11 is 5.93. The molecular formula is C13H12ClN3O. The molecule has 0 heterocycles. The van der Waals surface area contributed by atoms with Crippen molar-refractivity contribution in [1.29, 1.82) is 10.5 Å². The number of nitrogens with zero attached hydrogens (tertiary/aromatic N) is 2. The van der Waals surface area contributed by atoms with E-state index in [4.69, 9.17) is 22.1 Å². The van der Waals surface area contributed by atoms with Crippen LogP contribution in [-0.2, 0) is 4.79 Å². The van der Waals surface area contributed by atoms with E-state index in [0.29, 0.717) is 11.3 Å². The fourth-order valence-electron chi connectivity index (χ4n) is 1.41. The lowest BCUT2D eigenvalue weighted by Gasteiger charge is -2.13. The maximum Gasteiger partial charge on any atom is 0.242 e. The molecule has 0 aromatic heterocycles. The zero-order valence-electron chi connectivity index (χ0n) is 10.1. The van der Waals surface area contributed by atoms with Gasteiger partial charge in [-0.25, -0.2) is 0 Å². The molecule has 1 rings (SSSR count). The first-order valence-corrected chi connectivity index (χ1v) is 5.77. The molecule has 4 nitrogen and oxygen atoms in total. The Morgan fingerprint density at radius 3 is 2.50 bits per heavy atom. The minimum absolute atomic E-state index is 0.0767. The van der Waals surface area contributed by atoms with E-state index in [-0.39, 0.29) is 16.8 Å². The van der Waals surface area contributed by atoms with E-state index >= 15 is 0 Å². The molecule has 0 saturated carbocycles. The smallest absolute Gasteiger partial charge is 0.242 e. The lowest BCUT2D eigenvalue weighted by atomic mass is 9.96. The van der Waals surface area contributed by atoms with E-state index in [0.717, 1.165) is 0 Å². The number of benzene rings is 1. The summed E-state index contributed by atoms with van der Waals surface area (Å²) in [5.41, 5.74) is 0.820. The second kappa shape index (κ2) is 6.05. The van der Waals surface area contributed by atoms with Gasteiger partial charge in [0, 0.05) is 0 Å². The van der Waals surface area contributed by atoms with Crippen molar-refractivity contribution < 1.29 is 4.79 Å². The van der Waals surface area contributed by atoms with Crippen molar-refractivity contribution in [2.45, 2.75) is 13.8 Å². The quantitative estimate of drug-likeness (QED) is 0.909. The number of nitriles is 2. The van der Waals surface area contributed by atoms with Crippen LogP contribution in [0.3, 0.4) is 0 Å². The molecule has 1 aromatic carbocycles. The Hall–Kier alpha value is -2.04. The predicted octanol–water partition coefficient (Wildman–Crippen LogP) is 2.95. The van der Waals surface area contributed by atoms with E-state index in [1.807, 2.05) is 12.1 Å². The van der Waals surface area contributed by atoms with Gasteiger partial charge < -0.3 is 5.32 Å². The molecule has 1 N–H and O–H groups in total. The topological polar surface area (TPSA) is 76.7 Å². The first-order valence-electron chi connectivity index (χ1n) is 5.39. The molecule has 0 aliphatic heterocycles. The molecule has 5 heteroatoms. The van der Waals surface area contributed by atoms with Crippen molar-refractivity contribution in [3.05, 3.63) is 28.8 Å². The standard InChI is InChI=1S/C13H12ClN3O/c1-8(2)10(7-16)13(18)17-12-4-3-9(6-15)5-11(12)14/h3-5,8,10H,1-2H3,(H,17,18). The van der Waals surface area contributed by atoms with Gasteiger partial charge >= 0.3 is 0 Å². The second-order valence-corrected chi connectivity index (χ2v) is 4.55. The van der Waals surface area contributed by atoms with Crippen molar-refractivity contribution in [2.24, 2.45) is 11.8 Å². The van der Waals surface area contributed by atoms with Crippen LogP contribution in [0.25, 0.3) is 0 Å². The van der Waals surface area contributed by atoms with Crippen LogP contribution in [0.2, 0.25) is 5.02 Å². The zero-order valence-corrected chi connectivity index (χ0v) is 10.8. The minimum Gasteiger partial charge on any atom is -0.324 e. The van der Waals surface area contributed by atoms with Crippen LogP contribution in [0.1, 0.15) is 19.4 Å². The Morgan fingerprint density at radius 2 is 2.06 bits per heavy atom. The molecule has 0 radical (unpaired) electrons. The first kappa shape index (κ1) is 14.0. The van der Waals surface area contributed by atoms with Crippen LogP contribution in [0.15, 0.2) is 18.2 Å². The van der Waals surface area contributed by atoms with Crippen LogP contribution >= 0.6 is 11.6 Å². The van der Waals surface area contributed by atoms with Crippen molar-refractivity contribution in [3.63, 3.8) is 0 Å². The third kappa shape index (κ3) is 3.23. The van der Waals surface area contributed by atoms with Crippen LogP contribution in [0, 0.1) is 34.5 Å². The van der Waals surface area contributed by atoms with Gasteiger partial charge in [0.05, 0.1) is 28.4 Å². The SMILES string of the molecule is CC(C)C(C#N)C(=O)Nc1ccc(C#N)cc1Cl. The zero-order chi connectivity index (χ0) is 13.7. The highest BCUT2D eigenvalue weighted by Gasteiger charge is 2.22. The molecule has 0 aliphatic carbocycles. The Bertz CT molecular complexity index is 540. The summed E-state index contributed by atoms with van der Waals surface area (Å²) in [6.07, 6.45) is 0. The Kier molecular flexibility index (Phi) is 4.71. The fraction of sp³-hybridized carbons (Fsp3) is 0.308. The highest BCUT2D eigenvalue weighted by Crippen LogP contribution is 2.24. The maximum absolute atomic E-state index is 11.8. The molecule has 1 atom stereocenters. The van der Waals surface area contributed by atoms with E-state index in [1.54, 1.807) is 26.0 Å². The summed E-state index contributed by atoms with van der Waals surface area (Å²) in [6, 6.07) is 8.48. The largest absolute Gasteiger partial charge is 0.324 e. The molecule has 0 bridgehead atoms. The molecule has 0 saturated heterocycles. The molecule has 92 valence electrons. The van der Waals surface area contributed by atoms with E-state index in [2.05, 4.69) is 5.32 Å². The number of halogens is 1. The number of rotatable bonds is 3. The molecular weight excluding hydrogens is 250 g/mol. The highest BCUT2D eigenvalue weighted by molar-refractivity contribution is 6.33. The number of amides is 1. The Balaban J connectivity index is 2.90. The van der Waals surface area contributed by atoms with Crippen LogP contribution in [0.5, 0.6) is 0 Å². The van der Waals surface area contributed by atoms with Gasteiger partial charge in [-0.3, -0.25) is 4.79 Å². The molecule has 0 aliphatic rings. The predicted molar refractivity (Wildman–Crippen MR) is 68.7 cm³/mol. The average Bonchev–Trinajstić information content (AvgIpc) is 2.32. The van der Waals surface area contributed by atoms with Gasteiger partial charge in [-0.2, -0.15) is 10.5 Å². The van der Waals surface area contributed by atoms with Gasteiger partial charge in [-0.1, -0.05) is 25.4 Å². The highest BCUT2D eigenvalue weighted by atomic mass is 35.5. The maximum atomic E-state index is 11.8. The Labute approximate surface area is 111 Å². The summed E-state index contributed by atoms with van der Waals surface area (Å²) < 4.78 is 0. The second-order valence-electron chi connectivity index (χ2n) is 4.15. The van der Waals surface area contributed by atoms with Crippen LogP contribution in [0.4, 0.5) is 5.69 Å². The van der Waals surface area contributed by atoms with Crippen molar-refractivity contribution in [3.8, 4) is 12.1 Å². The normalized spacial score (nSPS) is 11.4. The van der Waals surface area contributed by atoms with Gasteiger partial charge in [-0.15, -0.1) is 0 Å². The van der Waals surface area contributed by atoms with Crippen LogP contribution < -0.4 is 5.32 Å². The number of hydrogen-bond acceptors (Lipinski definition) is 3. The lowest BCUT2D eigenvalue weighted by Crippen LogP contribution is -2.25. The molecule has 18 heavy (non-hydrogen) atoms. The first-order chi connectivity index (χ1) is 8.49. The van der Waals surface area contributed by atoms with E-state index in [1.165, 1.54) is 6.07 Å². The monoisotopic (exact) mass is 261 g/mol. The molecule has 1 aromatic rings. The number of hydrogen-bond donors (Lipinski definition) is 1. The molecule has 1 unspecified atom stereocenters. The summed E-state index contributed by atoms with van der Waals surface area (Å²) in [7, 11) is 0. The third-order valence-electron chi connectivity index (χ3n) is 2.44. The summed E-state index contributed by atoms with van der Waals surface area (Å²) in [6.45, 7) is 3.60. The van der Waals surface area contributed by atoms with Crippen molar-refractivity contribution in [2.75, 3.05) is 5.32 Å².